The van der Waals surface area contributed by atoms with Crippen molar-refractivity contribution in [3.63, 3.8) is 0 Å². The highest BCUT2D eigenvalue weighted by Gasteiger charge is 2.26. The van der Waals surface area contributed by atoms with E-state index in [4.69, 9.17) is 0 Å². The van der Waals surface area contributed by atoms with Crippen molar-refractivity contribution in [2.75, 3.05) is 13.1 Å². The van der Waals surface area contributed by atoms with Crippen LogP contribution in [0.25, 0.3) is 10.2 Å². The van der Waals surface area contributed by atoms with Crippen LogP contribution in [0.4, 0.5) is 8.78 Å². The maximum absolute atomic E-state index is 14.0. The van der Waals surface area contributed by atoms with Gasteiger partial charge in [0.15, 0.2) is 10.6 Å². The van der Waals surface area contributed by atoms with Gasteiger partial charge < -0.3 is 4.57 Å². The molecule has 0 atom stereocenters. The summed E-state index contributed by atoms with van der Waals surface area (Å²) in [5.41, 5.74) is 0.368. The van der Waals surface area contributed by atoms with E-state index in [9.17, 15) is 22.0 Å². The fourth-order valence-corrected chi connectivity index (χ4v) is 6.05. The molecule has 4 rings (SSSR count). The molecule has 0 unspecified atom stereocenters. The number of thiazole rings is 1. The van der Waals surface area contributed by atoms with E-state index in [1.807, 2.05) is 0 Å². The molecule has 10 heteroatoms. The minimum Gasteiger partial charge on any atom is -0.317 e. The molecule has 1 fully saturated rings. The Hall–Kier alpha value is -2.43. The molecular formula is C20H19F2N3O3S2. The van der Waals surface area contributed by atoms with Gasteiger partial charge in [0.05, 0.1) is 15.1 Å². The highest BCUT2D eigenvalue weighted by molar-refractivity contribution is 7.89. The Bertz CT molecular complexity index is 1290. The molecule has 1 saturated heterocycles. The number of carbonyl (C=O) groups is 1. The van der Waals surface area contributed by atoms with E-state index in [1.54, 1.807) is 7.05 Å². The molecule has 0 N–H and O–H groups in total. The number of aromatic nitrogens is 1. The Morgan fingerprint density at radius 2 is 1.73 bits per heavy atom. The van der Waals surface area contributed by atoms with E-state index in [0.29, 0.717) is 17.8 Å². The molecule has 158 valence electrons. The number of carbonyl (C=O) groups excluding carboxylic acids is 1. The van der Waals surface area contributed by atoms with Crippen LogP contribution in [0.15, 0.2) is 46.3 Å². The SMILES string of the molecule is Cn1c(=NC(=O)c2ccc(S(=O)(=O)N3CCCCC3)cc2)sc2cc(F)cc(F)c21. The highest BCUT2D eigenvalue weighted by atomic mass is 32.2. The molecule has 30 heavy (non-hydrogen) atoms. The van der Waals surface area contributed by atoms with Gasteiger partial charge in [-0.1, -0.05) is 17.8 Å². The zero-order valence-electron chi connectivity index (χ0n) is 16.1. The lowest BCUT2D eigenvalue weighted by atomic mass is 10.2. The maximum Gasteiger partial charge on any atom is 0.279 e. The number of rotatable bonds is 3. The van der Waals surface area contributed by atoms with Gasteiger partial charge in [0, 0.05) is 31.8 Å². The lowest BCUT2D eigenvalue weighted by molar-refractivity contribution is 0.0998. The van der Waals surface area contributed by atoms with Gasteiger partial charge in [0.25, 0.3) is 5.91 Å². The first kappa shape index (κ1) is 20.8. The predicted molar refractivity (Wildman–Crippen MR) is 110 cm³/mol. The Labute approximate surface area is 176 Å². The van der Waals surface area contributed by atoms with E-state index >= 15 is 0 Å². The maximum atomic E-state index is 14.0. The predicted octanol–water partition coefficient (Wildman–Crippen LogP) is 3.43. The summed E-state index contributed by atoms with van der Waals surface area (Å²) in [5.74, 6) is -2.03. The van der Waals surface area contributed by atoms with E-state index in [1.165, 1.54) is 39.2 Å². The molecule has 3 aromatic rings. The van der Waals surface area contributed by atoms with Crippen molar-refractivity contribution < 1.29 is 22.0 Å². The van der Waals surface area contributed by atoms with Crippen LogP contribution in [0.5, 0.6) is 0 Å². The Kier molecular flexibility index (Phi) is 5.56. The average Bonchev–Trinajstić information content (AvgIpc) is 3.03. The number of nitrogens with zero attached hydrogens (tertiary/aromatic N) is 3. The van der Waals surface area contributed by atoms with Gasteiger partial charge in [0.1, 0.15) is 5.82 Å². The fourth-order valence-electron chi connectivity index (χ4n) is 3.48. The molecule has 0 bridgehead atoms. The van der Waals surface area contributed by atoms with E-state index < -0.39 is 27.6 Å². The van der Waals surface area contributed by atoms with Crippen LogP contribution in [-0.4, -0.2) is 36.3 Å². The average molecular weight is 452 g/mol. The number of sulfonamides is 1. The molecule has 2 aromatic carbocycles. The monoisotopic (exact) mass is 451 g/mol. The lowest BCUT2D eigenvalue weighted by Gasteiger charge is -2.25. The van der Waals surface area contributed by atoms with Crippen molar-refractivity contribution in [2.45, 2.75) is 24.2 Å². The first-order valence-corrected chi connectivity index (χ1v) is 11.7. The minimum absolute atomic E-state index is 0.130. The number of hydrogen-bond donors (Lipinski definition) is 0. The first-order chi connectivity index (χ1) is 14.3. The van der Waals surface area contributed by atoms with Crippen LogP contribution < -0.4 is 4.80 Å². The third-order valence-corrected chi connectivity index (χ3v) is 8.06. The van der Waals surface area contributed by atoms with E-state index in [-0.39, 0.29) is 20.8 Å². The van der Waals surface area contributed by atoms with Crippen LogP contribution >= 0.6 is 11.3 Å². The van der Waals surface area contributed by atoms with Crippen molar-refractivity contribution in [3.8, 4) is 0 Å². The second kappa shape index (κ2) is 8.01. The standard InChI is InChI=1S/C20H19F2N3O3S2/c1-24-18-16(22)11-14(21)12-17(18)29-20(24)23-19(26)13-5-7-15(8-6-13)30(27,28)25-9-3-2-4-10-25/h5-8,11-12H,2-4,9-10H2,1H3. The highest BCUT2D eigenvalue weighted by Crippen LogP contribution is 2.22. The number of halogens is 2. The van der Waals surface area contributed by atoms with Crippen molar-refractivity contribution in [1.82, 2.24) is 8.87 Å². The van der Waals surface area contributed by atoms with Crippen molar-refractivity contribution in [3.05, 3.63) is 58.4 Å². The molecule has 1 amide bonds. The van der Waals surface area contributed by atoms with Crippen LogP contribution in [0.1, 0.15) is 29.6 Å². The first-order valence-electron chi connectivity index (χ1n) is 9.41. The summed E-state index contributed by atoms with van der Waals surface area (Å²) in [6.07, 6.45) is 2.70. The number of fused-ring (bicyclic) bond motifs is 1. The second-order valence-corrected chi connectivity index (χ2v) is 10.0. The van der Waals surface area contributed by atoms with E-state index in [2.05, 4.69) is 4.99 Å². The quantitative estimate of drug-likeness (QED) is 0.613. The van der Waals surface area contributed by atoms with Crippen LogP contribution in [0.2, 0.25) is 0 Å². The molecule has 0 spiro atoms. The molecule has 2 heterocycles. The van der Waals surface area contributed by atoms with Gasteiger partial charge in [-0.3, -0.25) is 4.79 Å². The summed E-state index contributed by atoms with van der Waals surface area (Å²) >= 11 is 0.994. The van der Waals surface area contributed by atoms with Crippen molar-refractivity contribution in [1.29, 1.82) is 0 Å². The third kappa shape index (κ3) is 3.82. The Morgan fingerprint density at radius 1 is 1.07 bits per heavy atom. The molecule has 0 saturated carbocycles. The zero-order chi connectivity index (χ0) is 21.5. The van der Waals surface area contributed by atoms with Gasteiger partial charge in [-0.05, 0) is 43.2 Å². The number of benzene rings is 2. The second-order valence-electron chi connectivity index (χ2n) is 7.08. The van der Waals surface area contributed by atoms with Crippen molar-refractivity contribution >= 4 is 37.5 Å². The normalized spacial score (nSPS) is 16.3. The molecule has 0 radical (unpaired) electrons. The Balaban J connectivity index is 1.64. The number of amides is 1. The fraction of sp³-hybridized carbons (Fsp3) is 0.300. The topological polar surface area (TPSA) is 71.7 Å². The summed E-state index contributed by atoms with van der Waals surface area (Å²) in [4.78, 5) is 16.9. The summed E-state index contributed by atoms with van der Waals surface area (Å²) in [7, 11) is -2.04. The summed E-state index contributed by atoms with van der Waals surface area (Å²) in [6.45, 7) is 0.996. The van der Waals surface area contributed by atoms with Gasteiger partial charge in [-0.15, -0.1) is 0 Å². The number of hydrogen-bond acceptors (Lipinski definition) is 4. The van der Waals surface area contributed by atoms with Gasteiger partial charge in [-0.2, -0.15) is 9.30 Å². The van der Waals surface area contributed by atoms with E-state index in [0.717, 1.165) is 36.7 Å². The van der Waals surface area contributed by atoms with Gasteiger partial charge in [-0.25, -0.2) is 17.2 Å². The molecule has 1 aliphatic heterocycles. The molecule has 6 nitrogen and oxygen atoms in total. The molecular weight excluding hydrogens is 432 g/mol. The van der Waals surface area contributed by atoms with Crippen molar-refractivity contribution in [2.24, 2.45) is 12.0 Å². The number of piperidine rings is 1. The molecule has 0 aliphatic carbocycles. The van der Waals surface area contributed by atoms with Crippen LogP contribution in [0.3, 0.4) is 0 Å². The zero-order valence-corrected chi connectivity index (χ0v) is 17.8. The molecule has 1 aliphatic rings. The summed E-state index contributed by atoms with van der Waals surface area (Å²) in [6, 6.07) is 7.58. The smallest absolute Gasteiger partial charge is 0.279 e. The van der Waals surface area contributed by atoms with Gasteiger partial charge in [0.2, 0.25) is 10.0 Å². The summed E-state index contributed by atoms with van der Waals surface area (Å²) in [5, 5.41) is 0. The van der Waals surface area contributed by atoms with Crippen LogP contribution in [-0.2, 0) is 17.1 Å². The largest absolute Gasteiger partial charge is 0.317 e. The summed E-state index contributed by atoms with van der Waals surface area (Å²) < 4.78 is 56.1. The van der Waals surface area contributed by atoms with Gasteiger partial charge >= 0.3 is 0 Å². The Morgan fingerprint density at radius 3 is 2.40 bits per heavy atom. The van der Waals surface area contributed by atoms with Crippen LogP contribution in [0, 0.1) is 11.6 Å². The molecule has 1 aromatic heterocycles. The third-order valence-electron chi connectivity index (χ3n) is 5.07. The number of aryl methyl sites for hydroxylation is 1. The minimum atomic E-state index is -3.58. The lowest BCUT2D eigenvalue weighted by Crippen LogP contribution is -2.35.